The predicted octanol–water partition coefficient (Wildman–Crippen LogP) is 14.9. The van der Waals surface area contributed by atoms with E-state index in [1.165, 1.54) is 0 Å². The van der Waals surface area contributed by atoms with E-state index in [-0.39, 0.29) is 51.5 Å². The molecule has 101 heavy (non-hydrogen) atoms. The average molecular weight is 1380 g/mol. The van der Waals surface area contributed by atoms with Gasteiger partial charge in [-0.1, -0.05) is 252 Å². The molecule has 538 valence electrons. The van der Waals surface area contributed by atoms with Gasteiger partial charge < -0.3 is 80.5 Å². The van der Waals surface area contributed by atoms with Gasteiger partial charge in [0.1, 0.15) is 61.0 Å². The number of rotatable bonds is 32. The number of fused-ring (bicyclic) bond motifs is 2. The summed E-state index contributed by atoms with van der Waals surface area (Å²) < 4.78 is 122. The van der Waals surface area contributed by atoms with Gasteiger partial charge in [-0.3, -0.25) is 0 Å². The van der Waals surface area contributed by atoms with Crippen molar-refractivity contribution >= 4 is 0 Å². The molecule has 13 rings (SSSR count). The van der Waals surface area contributed by atoms with Crippen LogP contribution in [-0.4, -0.2) is 131 Å². The molecule has 0 bridgehead atoms. The molecule has 0 aromatic heterocycles. The number of ether oxygens (including phenoxy) is 17. The first-order chi connectivity index (χ1) is 49.7. The summed E-state index contributed by atoms with van der Waals surface area (Å²) in [7, 11) is 0. The molecule has 0 spiro atoms. The van der Waals surface area contributed by atoms with Crippen LogP contribution in [0, 0.1) is 17.8 Å². The van der Waals surface area contributed by atoms with E-state index in [9.17, 15) is 0 Å². The van der Waals surface area contributed by atoms with Gasteiger partial charge in [-0.2, -0.15) is 0 Å². The molecule has 6 aliphatic heterocycles. The molecule has 6 fully saturated rings. The van der Waals surface area contributed by atoms with Crippen molar-refractivity contribution in [2.24, 2.45) is 17.8 Å². The lowest BCUT2D eigenvalue weighted by atomic mass is 9.84. The highest BCUT2D eigenvalue weighted by molar-refractivity contribution is 5.21. The molecule has 6 saturated heterocycles. The van der Waals surface area contributed by atoms with Crippen molar-refractivity contribution in [2.45, 2.75) is 210 Å². The molecule has 6 heterocycles. The Morgan fingerprint density at radius 2 is 0.782 bits per heavy atom. The maximum absolute atomic E-state index is 7.90. The van der Waals surface area contributed by atoms with Crippen molar-refractivity contribution < 1.29 is 80.5 Å². The van der Waals surface area contributed by atoms with Gasteiger partial charge in [0.2, 0.25) is 0 Å². The Morgan fingerprint density at radius 3 is 1.31 bits per heavy atom. The second-order valence-electron chi connectivity index (χ2n) is 27.5. The van der Waals surface area contributed by atoms with E-state index in [2.05, 4.69) is 51.6 Å². The standard InChI is InChI=1S/C84H100O17/c1-6-7-8-9-10-32-47-86-79-58(4)71(73-68(94-79)54-91-81(98-73)65-43-28-16-29-44-65)97-84-78(101-83-77(90-52-64-41-26-15-27-42-64)75(89-51-63-39-24-14-25-40-63)72(59(5)93-83)88-50-62-37-22-13-23-38-62)76(74-69(96-84)55-92-82(99-74)66-45-30-17-31-46-66)100-80-57(3)56(2)70(87-49-61-35-20-12-21-36-61)67(95-80)53-85-48-60-33-18-11-19-34-60/h6,11-31,33-46,56-59,67-84H,1,7-10,32,47-55H2,2-5H3/t56-,57?,58?,59?,67?,68?,69?,70-,71-,72+,73+,74+,75-,76+,77?,78?,79-,80+,81?,82?,83+,84+/m1/s1. The van der Waals surface area contributed by atoms with Crippen LogP contribution in [0.5, 0.6) is 0 Å². The molecule has 22 atom stereocenters. The Bertz CT molecular complexity index is 3500. The van der Waals surface area contributed by atoms with Gasteiger partial charge in [0.15, 0.2) is 37.7 Å². The van der Waals surface area contributed by atoms with E-state index in [0.717, 1.165) is 71.0 Å². The number of unbranched alkanes of at least 4 members (excludes halogenated alkanes) is 4. The zero-order chi connectivity index (χ0) is 69.1. The van der Waals surface area contributed by atoms with E-state index in [1.807, 2.05) is 201 Å². The highest BCUT2D eigenvalue weighted by Gasteiger charge is 2.60. The topological polar surface area (TPSA) is 157 Å². The van der Waals surface area contributed by atoms with E-state index in [1.54, 1.807) is 0 Å². The maximum Gasteiger partial charge on any atom is 0.187 e. The summed E-state index contributed by atoms with van der Waals surface area (Å²) in [5.74, 6) is -0.842. The zero-order valence-corrected chi connectivity index (χ0v) is 58.5. The molecule has 0 aliphatic carbocycles. The van der Waals surface area contributed by atoms with Crippen LogP contribution in [0.3, 0.4) is 0 Å². The van der Waals surface area contributed by atoms with Gasteiger partial charge in [0.05, 0.1) is 71.2 Å². The van der Waals surface area contributed by atoms with Gasteiger partial charge >= 0.3 is 0 Å². The highest BCUT2D eigenvalue weighted by Crippen LogP contribution is 2.46. The summed E-state index contributed by atoms with van der Waals surface area (Å²) in [6.45, 7) is 14.8. The third-order valence-electron chi connectivity index (χ3n) is 20.2. The van der Waals surface area contributed by atoms with Crippen LogP contribution >= 0.6 is 0 Å². The Balaban J connectivity index is 0.903. The summed E-state index contributed by atoms with van der Waals surface area (Å²) in [5, 5.41) is 0. The fraction of sp³-hybridized carbons (Fsp3) is 0.476. The van der Waals surface area contributed by atoms with E-state index >= 15 is 0 Å². The quantitative estimate of drug-likeness (QED) is 0.0289. The molecule has 17 heteroatoms. The molecule has 0 amide bonds. The largest absolute Gasteiger partial charge is 0.374 e. The van der Waals surface area contributed by atoms with E-state index < -0.39 is 123 Å². The van der Waals surface area contributed by atoms with E-state index in [4.69, 9.17) is 80.5 Å². The van der Waals surface area contributed by atoms with Crippen molar-refractivity contribution in [3.8, 4) is 0 Å². The Kier molecular flexibility index (Phi) is 26.6. The number of allylic oxidation sites excluding steroid dienone is 1. The minimum Gasteiger partial charge on any atom is -0.374 e. The second kappa shape index (κ2) is 36.8. The van der Waals surface area contributed by atoms with Crippen molar-refractivity contribution in [3.05, 3.63) is 264 Å². The Morgan fingerprint density at radius 1 is 0.356 bits per heavy atom. The third-order valence-corrected chi connectivity index (χ3v) is 20.2. The molecule has 17 nitrogen and oxygen atoms in total. The molecule has 0 saturated carbocycles. The second-order valence-corrected chi connectivity index (χ2v) is 27.5. The molecule has 7 aromatic rings. The van der Waals surface area contributed by atoms with Crippen LogP contribution in [0.25, 0.3) is 0 Å². The summed E-state index contributed by atoms with van der Waals surface area (Å²) in [6, 6.07) is 70.4. The van der Waals surface area contributed by atoms with E-state index in [0.29, 0.717) is 19.8 Å². The van der Waals surface area contributed by atoms with Crippen LogP contribution in [0.1, 0.15) is 111 Å². The molecule has 10 unspecified atom stereocenters. The van der Waals surface area contributed by atoms with Gasteiger partial charge in [0.25, 0.3) is 0 Å². The first kappa shape index (κ1) is 72.9. The highest BCUT2D eigenvalue weighted by atomic mass is 16.8. The number of hydrogen-bond acceptors (Lipinski definition) is 17. The monoisotopic (exact) mass is 1380 g/mol. The summed E-state index contributed by atoms with van der Waals surface area (Å²) in [6.07, 6.45) is -8.62. The van der Waals surface area contributed by atoms with Crippen LogP contribution < -0.4 is 0 Å². The average Bonchev–Trinajstić information content (AvgIpc) is 0.745. The van der Waals surface area contributed by atoms with Crippen molar-refractivity contribution in [1.82, 2.24) is 0 Å². The lowest BCUT2D eigenvalue weighted by molar-refractivity contribution is -0.430. The van der Waals surface area contributed by atoms with Gasteiger partial charge in [-0.05, 0) is 59.9 Å². The summed E-state index contributed by atoms with van der Waals surface area (Å²) >= 11 is 0. The summed E-state index contributed by atoms with van der Waals surface area (Å²) in [4.78, 5) is 0. The van der Waals surface area contributed by atoms with Gasteiger partial charge in [-0.15, -0.1) is 6.58 Å². The minimum absolute atomic E-state index is 0.101. The van der Waals surface area contributed by atoms with Crippen molar-refractivity contribution in [3.63, 3.8) is 0 Å². The van der Waals surface area contributed by atoms with Crippen molar-refractivity contribution in [1.29, 1.82) is 0 Å². The first-order valence-electron chi connectivity index (χ1n) is 36.4. The van der Waals surface area contributed by atoms with Crippen LogP contribution in [0.4, 0.5) is 0 Å². The smallest absolute Gasteiger partial charge is 0.187 e. The molecule has 0 N–H and O–H groups in total. The fourth-order valence-corrected chi connectivity index (χ4v) is 14.4. The molecule has 0 radical (unpaired) electrons. The van der Waals surface area contributed by atoms with Crippen LogP contribution in [-0.2, 0) is 114 Å². The van der Waals surface area contributed by atoms with Crippen molar-refractivity contribution in [2.75, 3.05) is 26.4 Å². The Labute approximate surface area is 595 Å². The zero-order valence-electron chi connectivity index (χ0n) is 58.5. The predicted molar refractivity (Wildman–Crippen MR) is 378 cm³/mol. The normalized spacial score (nSPS) is 32.6. The molecular weight excluding hydrogens is 1280 g/mol. The van der Waals surface area contributed by atoms with Gasteiger partial charge in [-0.25, -0.2) is 0 Å². The maximum atomic E-state index is 7.90. The Hall–Kier alpha value is -6.40. The molecule has 7 aromatic carbocycles. The fourth-order valence-electron chi connectivity index (χ4n) is 14.4. The number of hydrogen-bond donors (Lipinski definition) is 0. The van der Waals surface area contributed by atoms with Gasteiger partial charge in [0, 0.05) is 29.6 Å². The van der Waals surface area contributed by atoms with Crippen LogP contribution in [0.2, 0.25) is 0 Å². The SMILES string of the molecule is C=CCCCCCCO[C@@H]1OC2COC(c3ccccc3)O[C@@H]2[C@H](O[C@@H]2OC3COC(c4ccccc4)O[C@@H]3[C@H](O[C@@H]3OC(COCc4ccccc4)[C@H](OCc4ccccc4)[C@H](C)C3C)C2O[C@@H]2OC(C)[C@H](OCc3ccccc3)[C@@H](OCc3ccccc3)C2OCc2ccccc2)C1C. The molecule has 6 aliphatic rings. The minimum atomic E-state index is -1.26. The first-order valence-corrected chi connectivity index (χ1v) is 36.4. The lowest BCUT2D eigenvalue weighted by Gasteiger charge is -2.54. The number of benzene rings is 7. The molecular formula is C84H100O17. The lowest BCUT2D eigenvalue weighted by Crippen LogP contribution is -2.69. The van der Waals surface area contributed by atoms with Crippen LogP contribution in [0.15, 0.2) is 225 Å². The third kappa shape index (κ3) is 19.1. The summed E-state index contributed by atoms with van der Waals surface area (Å²) in [5.41, 5.74) is 6.66.